The summed E-state index contributed by atoms with van der Waals surface area (Å²) in [6.07, 6.45) is 3.20. The van der Waals surface area contributed by atoms with E-state index in [2.05, 4.69) is 4.99 Å². The van der Waals surface area contributed by atoms with Crippen LogP contribution in [0.5, 0.6) is 0 Å². The summed E-state index contributed by atoms with van der Waals surface area (Å²) in [5, 5.41) is 11.6. The molecular weight excluding hydrogens is 362 g/mol. The molecule has 0 amide bonds. The summed E-state index contributed by atoms with van der Waals surface area (Å²) in [5.74, 6) is -0.709. The Morgan fingerprint density at radius 1 is 1.18 bits per heavy atom. The number of aliphatic imine (C=N–C) groups is 1. The van der Waals surface area contributed by atoms with Crippen molar-refractivity contribution in [3.05, 3.63) is 81.7 Å². The van der Waals surface area contributed by atoms with E-state index >= 15 is 0 Å². The molecule has 8 heteroatoms. The second kappa shape index (κ2) is 6.58. The monoisotopic (exact) mass is 375 g/mol. The largest absolute Gasteiger partial charge is 0.402 e. The number of aromatic nitrogens is 1. The summed E-state index contributed by atoms with van der Waals surface area (Å²) in [4.78, 5) is 38.5. The number of benzene rings is 2. The summed E-state index contributed by atoms with van der Waals surface area (Å²) in [6, 6.07) is 12.9. The molecule has 0 saturated carbocycles. The Morgan fingerprint density at radius 3 is 2.57 bits per heavy atom. The van der Waals surface area contributed by atoms with Crippen LogP contribution in [0.3, 0.4) is 0 Å². The molecule has 2 heterocycles. The fraction of sp³-hybridized carbons (Fsp3) is 0.0500. The van der Waals surface area contributed by atoms with Gasteiger partial charge in [-0.2, -0.15) is 0 Å². The number of rotatable bonds is 3. The number of nitro benzene ring substituents is 1. The quantitative estimate of drug-likeness (QED) is 0.301. The van der Waals surface area contributed by atoms with E-state index < -0.39 is 10.9 Å². The summed E-state index contributed by atoms with van der Waals surface area (Å²) >= 11 is 0. The minimum absolute atomic E-state index is 0.0681. The third kappa shape index (κ3) is 2.96. The number of para-hydroxylation sites is 1. The van der Waals surface area contributed by atoms with Gasteiger partial charge in [0.05, 0.1) is 10.4 Å². The maximum absolute atomic E-state index is 12.2. The molecule has 28 heavy (non-hydrogen) atoms. The molecule has 1 aliphatic heterocycles. The SMILES string of the molecule is CC(=O)n1cc(/C=C2\N=C(c3ccc([N+](=O)[O-])cc3)OC2=O)c2ccccc21. The Bertz CT molecular complexity index is 1200. The smallest absolute Gasteiger partial charge is 0.363 e. The highest BCUT2D eigenvalue weighted by atomic mass is 16.6. The fourth-order valence-electron chi connectivity index (χ4n) is 2.99. The van der Waals surface area contributed by atoms with Gasteiger partial charge in [-0.1, -0.05) is 18.2 Å². The Labute approximate surface area is 158 Å². The van der Waals surface area contributed by atoms with Crippen molar-refractivity contribution in [1.29, 1.82) is 0 Å². The predicted octanol–water partition coefficient (Wildman–Crippen LogP) is 3.55. The fourth-order valence-corrected chi connectivity index (χ4v) is 2.99. The first-order chi connectivity index (χ1) is 13.4. The van der Waals surface area contributed by atoms with Crippen molar-refractivity contribution in [2.24, 2.45) is 4.99 Å². The van der Waals surface area contributed by atoms with Crippen molar-refractivity contribution < 1.29 is 19.2 Å². The number of non-ortho nitro benzene ring substituents is 1. The zero-order valence-corrected chi connectivity index (χ0v) is 14.7. The highest BCUT2D eigenvalue weighted by Crippen LogP contribution is 2.26. The topological polar surface area (TPSA) is 104 Å². The maximum atomic E-state index is 12.2. The molecule has 0 bridgehead atoms. The molecule has 0 aliphatic carbocycles. The van der Waals surface area contributed by atoms with E-state index in [4.69, 9.17) is 4.74 Å². The minimum atomic E-state index is -0.631. The number of fused-ring (bicyclic) bond motifs is 1. The van der Waals surface area contributed by atoms with Crippen LogP contribution in [0.4, 0.5) is 5.69 Å². The Hall–Kier alpha value is -4.07. The number of ether oxygens (including phenoxy) is 1. The first-order valence-corrected chi connectivity index (χ1v) is 8.32. The van der Waals surface area contributed by atoms with Gasteiger partial charge in [-0.3, -0.25) is 19.5 Å². The Morgan fingerprint density at radius 2 is 1.89 bits per heavy atom. The van der Waals surface area contributed by atoms with Crippen LogP contribution < -0.4 is 0 Å². The average Bonchev–Trinajstić information content (AvgIpc) is 3.23. The van der Waals surface area contributed by atoms with Crippen molar-refractivity contribution in [3.8, 4) is 0 Å². The molecule has 3 aromatic rings. The van der Waals surface area contributed by atoms with Crippen LogP contribution >= 0.6 is 0 Å². The molecule has 4 rings (SSSR count). The van der Waals surface area contributed by atoms with Crippen LogP contribution in [0.15, 0.2) is 65.4 Å². The Balaban J connectivity index is 1.74. The highest BCUT2D eigenvalue weighted by Gasteiger charge is 2.25. The van der Waals surface area contributed by atoms with Crippen LogP contribution in [0.25, 0.3) is 17.0 Å². The van der Waals surface area contributed by atoms with E-state index in [1.807, 2.05) is 24.3 Å². The third-order valence-electron chi connectivity index (χ3n) is 4.32. The van der Waals surface area contributed by atoms with Gasteiger partial charge in [0.2, 0.25) is 11.8 Å². The van der Waals surface area contributed by atoms with Crippen molar-refractivity contribution in [1.82, 2.24) is 4.57 Å². The molecule has 0 saturated heterocycles. The van der Waals surface area contributed by atoms with E-state index in [0.29, 0.717) is 11.1 Å². The summed E-state index contributed by atoms with van der Waals surface area (Å²) in [7, 11) is 0. The summed E-state index contributed by atoms with van der Waals surface area (Å²) in [6.45, 7) is 1.46. The van der Waals surface area contributed by atoms with Gasteiger partial charge in [0.25, 0.3) is 5.69 Å². The standard InChI is InChI=1S/C20H13N3O5/c1-12(24)22-11-14(16-4-2-3-5-18(16)22)10-17-20(25)28-19(21-17)13-6-8-15(9-7-13)23(26)27/h2-11H,1H3/b17-10-. The van der Waals surface area contributed by atoms with Gasteiger partial charge in [0, 0.05) is 41.8 Å². The van der Waals surface area contributed by atoms with Gasteiger partial charge in [-0.05, 0) is 24.3 Å². The summed E-state index contributed by atoms with van der Waals surface area (Å²) < 4.78 is 6.70. The second-order valence-electron chi connectivity index (χ2n) is 6.13. The molecule has 0 atom stereocenters. The van der Waals surface area contributed by atoms with Gasteiger partial charge in [0.1, 0.15) is 0 Å². The van der Waals surface area contributed by atoms with E-state index in [9.17, 15) is 19.7 Å². The maximum Gasteiger partial charge on any atom is 0.363 e. The normalized spacial score (nSPS) is 15.0. The van der Waals surface area contributed by atoms with Crippen LogP contribution in [0, 0.1) is 10.1 Å². The van der Waals surface area contributed by atoms with Crippen molar-refractivity contribution in [3.63, 3.8) is 0 Å². The summed E-state index contributed by atoms with van der Waals surface area (Å²) in [5.41, 5.74) is 1.86. The van der Waals surface area contributed by atoms with Crippen molar-refractivity contribution >= 4 is 40.4 Å². The van der Waals surface area contributed by atoms with Crippen molar-refractivity contribution in [2.75, 3.05) is 0 Å². The number of nitrogens with zero attached hydrogens (tertiary/aromatic N) is 3. The molecular formula is C20H13N3O5. The molecule has 138 valence electrons. The van der Waals surface area contributed by atoms with Gasteiger partial charge in [-0.15, -0.1) is 0 Å². The van der Waals surface area contributed by atoms with Crippen LogP contribution in [0.1, 0.15) is 22.8 Å². The Kier molecular flexibility index (Phi) is 4.08. The number of carbonyl (C=O) groups excluding carboxylic acids is 2. The highest BCUT2D eigenvalue weighted by molar-refractivity contribution is 6.13. The zero-order chi connectivity index (χ0) is 19.8. The van der Waals surface area contributed by atoms with Gasteiger partial charge in [-0.25, -0.2) is 9.79 Å². The van der Waals surface area contributed by atoms with E-state index in [1.54, 1.807) is 12.3 Å². The molecule has 0 unspecified atom stereocenters. The molecule has 2 aromatic carbocycles. The van der Waals surface area contributed by atoms with Crippen LogP contribution in [-0.4, -0.2) is 27.3 Å². The number of hydrogen-bond donors (Lipinski definition) is 0. The number of cyclic esters (lactones) is 1. The molecule has 0 N–H and O–H groups in total. The van der Waals surface area contributed by atoms with Gasteiger partial charge in [0.15, 0.2) is 5.70 Å². The van der Waals surface area contributed by atoms with E-state index in [1.165, 1.54) is 35.8 Å². The number of nitro groups is 1. The molecule has 1 aromatic heterocycles. The lowest BCUT2D eigenvalue weighted by molar-refractivity contribution is -0.384. The molecule has 1 aliphatic rings. The second-order valence-corrected chi connectivity index (χ2v) is 6.13. The average molecular weight is 375 g/mol. The van der Waals surface area contributed by atoms with E-state index in [0.717, 1.165) is 10.9 Å². The number of hydrogen-bond acceptors (Lipinski definition) is 6. The first kappa shape index (κ1) is 17.3. The number of esters is 1. The van der Waals surface area contributed by atoms with Gasteiger partial charge >= 0.3 is 5.97 Å². The molecule has 0 radical (unpaired) electrons. The van der Waals surface area contributed by atoms with Gasteiger partial charge < -0.3 is 4.74 Å². The van der Waals surface area contributed by atoms with Crippen molar-refractivity contribution in [2.45, 2.75) is 6.92 Å². The molecule has 0 spiro atoms. The lowest BCUT2D eigenvalue weighted by atomic mass is 10.1. The van der Waals surface area contributed by atoms with Crippen LogP contribution in [0.2, 0.25) is 0 Å². The number of carbonyl (C=O) groups is 2. The lowest BCUT2D eigenvalue weighted by Crippen LogP contribution is -2.05. The molecule has 8 nitrogen and oxygen atoms in total. The lowest BCUT2D eigenvalue weighted by Gasteiger charge is -1.98. The van der Waals surface area contributed by atoms with E-state index in [-0.39, 0.29) is 23.2 Å². The molecule has 0 fully saturated rings. The third-order valence-corrected chi connectivity index (χ3v) is 4.32. The first-order valence-electron chi connectivity index (χ1n) is 8.32. The van der Waals surface area contributed by atoms with Crippen LogP contribution in [-0.2, 0) is 9.53 Å². The zero-order valence-electron chi connectivity index (χ0n) is 14.7. The predicted molar refractivity (Wildman–Crippen MR) is 102 cm³/mol. The minimum Gasteiger partial charge on any atom is -0.402 e.